The zero-order chi connectivity index (χ0) is 7.28. The average Bonchev–Trinajstić information content (AvgIpc) is 1.63. The summed E-state index contributed by atoms with van der Waals surface area (Å²) in [5.74, 6) is 0.513. The Morgan fingerprint density at radius 2 is 2.11 bits per heavy atom. The Morgan fingerprint density at radius 3 is 2.44 bits per heavy atom. The molecular weight excluding hydrogens is 136 g/mol. The van der Waals surface area contributed by atoms with E-state index < -0.39 is 10.7 Å². The molecule has 1 unspecified atom stereocenters. The summed E-state index contributed by atoms with van der Waals surface area (Å²) in [6.45, 7) is 3.92. The Hall–Kier alpha value is -0.0500. The Labute approximate surface area is 58.2 Å². The van der Waals surface area contributed by atoms with Crippen LogP contribution in [-0.4, -0.2) is 14.2 Å². The molecule has 1 radical (unpaired) electrons. The fourth-order valence-corrected chi connectivity index (χ4v) is 1.33. The summed E-state index contributed by atoms with van der Waals surface area (Å²) in [5.41, 5.74) is 0. The molecule has 3 heteroatoms. The van der Waals surface area contributed by atoms with E-state index in [1.807, 2.05) is 20.3 Å². The Kier molecular flexibility index (Phi) is 4.77. The van der Waals surface area contributed by atoms with Crippen molar-refractivity contribution in [2.24, 2.45) is 5.92 Å². The van der Waals surface area contributed by atoms with E-state index in [0.717, 1.165) is 6.42 Å². The zero-order valence-corrected chi connectivity index (χ0v) is 6.73. The lowest BCUT2D eigenvalue weighted by atomic mass is 10.1. The zero-order valence-electron chi connectivity index (χ0n) is 5.83. The maximum absolute atomic E-state index is 10.1. The van der Waals surface area contributed by atoms with Crippen molar-refractivity contribution in [1.82, 2.24) is 0 Å². The van der Waals surface area contributed by atoms with Gasteiger partial charge in [-0.3, -0.25) is 0 Å². The topological polar surface area (TPSA) is 34.1 Å². The van der Waals surface area contributed by atoms with Crippen LogP contribution in [0.5, 0.6) is 0 Å². The minimum atomic E-state index is -2.18. The summed E-state index contributed by atoms with van der Waals surface area (Å²) < 4.78 is 20.2. The lowest BCUT2D eigenvalue weighted by Gasteiger charge is -2.01. The monoisotopic (exact) mass is 149 g/mol. The van der Waals surface area contributed by atoms with E-state index in [-0.39, 0.29) is 5.92 Å². The van der Waals surface area contributed by atoms with Gasteiger partial charge in [-0.15, -0.1) is 0 Å². The highest BCUT2D eigenvalue weighted by molar-refractivity contribution is 7.72. The quantitative estimate of drug-likeness (QED) is 0.601. The van der Waals surface area contributed by atoms with Gasteiger partial charge in [-0.2, -0.15) is 0 Å². The molecule has 0 aromatic carbocycles. The summed E-state index contributed by atoms with van der Waals surface area (Å²) in [4.78, 5) is 0. The molecule has 0 heterocycles. The van der Waals surface area contributed by atoms with Crippen molar-refractivity contribution in [3.05, 3.63) is 6.42 Å². The number of thiol groups is 1. The largest absolute Gasteiger partial charge is 0.232 e. The molecule has 0 rings (SSSR count). The smallest absolute Gasteiger partial charge is 0.140 e. The summed E-state index contributed by atoms with van der Waals surface area (Å²) in [6.07, 6.45) is 2.95. The molecule has 0 N–H and O–H groups in total. The highest BCUT2D eigenvalue weighted by Gasteiger charge is 2.00. The third kappa shape index (κ3) is 5.83. The van der Waals surface area contributed by atoms with Crippen LogP contribution in [0.25, 0.3) is 0 Å². The second kappa shape index (κ2) is 4.79. The van der Waals surface area contributed by atoms with E-state index in [0.29, 0.717) is 5.75 Å². The van der Waals surface area contributed by atoms with Gasteiger partial charge in [0, 0.05) is 0 Å². The van der Waals surface area contributed by atoms with Crippen LogP contribution in [-0.2, 0) is 10.7 Å². The molecule has 0 spiro atoms. The lowest BCUT2D eigenvalue weighted by molar-refractivity contribution is 0.601. The molecule has 1 atom stereocenters. The van der Waals surface area contributed by atoms with E-state index in [1.54, 1.807) is 0 Å². The average molecular weight is 149 g/mol. The lowest BCUT2D eigenvalue weighted by Crippen LogP contribution is -2.02. The van der Waals surface area contributed by atoms with Crippen molar-refractivity contribution in [2.45, 2.75) is 20.3 Å². The summed E-state index contributed by atoms with van der Waals surface area (Å²) in [6, 6.07) is 0. The molecule has 2 nitrogen and oxygen atoms in total. The van der Waals surface area contributed by atoms with Crippen molar-refractivity contribution < 1.29 is 8.42 Å². The standard InChI is InChI=1S/C6H13O2S/c1-3-4-6(2)5-9(7)8/h4,6,9H,3,5H2,1-2H3. The van der Waals surface area contributed by atoms with Crippen LogP contribution in [0.4, 0.5) is 0 Å². The van der Waals surface area contributed by atoms with Crippen LogP contribution in [0.1, 0.15) is 20.3 Å². The van der Waals surface area contributed by atoms with Crippen LogP contribution >= 0.6 is 0 Å². The highest BCUT2D eigenvalue weighted by Crippen LogP contribution is 2.02. The maximum Gasteiger partial charge on any atom is 0.140 e. The maximum atomic E-state index is 10.1. The first kappa shape index (κ1) is 8.95. The van der Waals surface area contributed by atoms with E-state index in [1.165, 1.54) is 0 Å². The predicted molar refractivity (Wildman–Crippen MR) is 38.9 cm³/mol. The van der Waals surface area contributed by atoms with Gasteiger partial charge in [0.05, 0.1) is 5.75 Å². The normalized spacial score (nSPS) is 14.1. The fourth-order valence-electron chi connectivity index (χ4n) is 0.712. The van der Waals surface area contributed by atoms with Crippen molar-refractivity contribution in [3.8, 4) is 0 Å². The molecule has 0 aliphatic carbocycles. The summed E-state index contributed by atoms with van der Waals surface area (Å²) >= 11 is 0. The van der Waals surface area contributed by atoms with E-state index >= 15 is 0 Å². The molecule has 0 aliphatic rings. The molecule has 0 bridgehead atoms. The van der Waals surface area contributed by atoms with Crippen molar-refractivity contribution in [2.75, 3.05) is 5.75 Å². The molecule has 0 saturated heterocycles. The second-order valence-corrected chi connectivity index (χ2v) is 3.17. The molecule has 0 saturated carbocycles. The van der Waals surface area contributed by atoms with Gasteiger partial charge in [0.25, 0.3) is 0 Å². The van der Waals surface area contributed by atoms with Crippen LogP contribution in [0, 0.1) is 12.3 Å². The first-order valence-corrected chi connectivity index (χ1v) is 4.48. The Bertz CT molecular complexity index is 121. The van der Waals surface area contributed by atoms with Crippen molar-refractivity contribution >= 4 is 10.7 Å². The van der Waals surface area contributed by atoms with Crippen molar-refractivity contribution in [1.29, 1.82) is 0 Å². The van der Waals surface area contributed by atoms with Crippen LogP contribution in [0.3, 0.4) is 0 Å². The van der Waals surface area contributed by atoms with E-state index in [9.17, 15) is 8.42 Å². The van der Waals surface area contributed by atoms with Crippen molar-refractivity contribution in [3.63, 3.8) is 0 Å². The molecular formula is C6H13O2S. The number of rotatable bonds is 4. The van der Waals surface area contributed by atoms with Crippen LogP contribution in [0.15, 0.2) is 0 Å². The third-order valence-corrected chi connectivity index (χ3v) is 1.95. The van der Waals surface area contributed by atoms with E-state index in [2.05, 4.69) is 0 Å². The molecule has 0 aliphatic heterocycles. The number of hydrogen-bond acceptors (Lipinski definition) is 2. The van der Waals surface area contributed by atoms with Gasteiger partial charge >= 0.3 is 0 Å². The Balaban J connectivity index is 3.37. The fraction of sp³-hybridized carbons (Fsp3) is 0.833. The van der Waals surface area contributed by atoms with Gasteiger partial charge in [0.1, 0.15) is 10.7 Å². The third-order valence-electron chi connectivity index (χ3n) is 1.08. The SMILES string of the molecule is CC[CH]C(C)C[SH](=O)=O. The van der Waals surface area contributed by atoms with Crippen LogP contribution < -0.4 is 0 Å². The van der Waals surface area contributed by atoms with Gasteiger partial charge in [-0.25, -0.2) is 8.42 Å². The predicted octanol–water partition coefficient (Wildman–Crippen LogP) is 0.848. The highest BCUT2D eigenvalue weighted by atomic mass is 32.2. The first-order chi connectivity index (χ1) is 4.16. The molecule has 0 fully saturated rings. The van der Waals surface area contributed by atoms with Gasteiger partial charge in [-0.1, -0.05) is 20.3 Å². The molecule has 0 aromatic rings. The molecule has 0 amide bonds. The van der Waals surface area contributed by atoms with Crippen LogP contribution in [0.2, 0.25) is 0 Å². The summed E-state index contributed by atoms with van der Waals surface area (Å²) in [7, 11) is -2.18. The Morgan fingerprint density at radius 1 is 1.56 bits per heavy atom. The second-order valence-electron chi connectivity index (χ2n) is 2.14. The molecule has 9 heavy (non-hydrogen) atoms. The van der Waals surface area contributed by atoms with E-state index in [4.69, 9.17) is 0 Å². The molecule has 0 aromatic heterocycles. The minimum absolute atomic E-state index is 0.219. The number of hydrogen-bond donors (Lipinski definition) is 1. The van der Waals surface area contributed by atoms with Gasteiger partial charge in [0.2, 0.25) is 0 Å². The summed E-state index contributed by atoms with van der Waals surface area (Å²) in [5, 5.41) is 0. The first-order valence-electron chi connectivity index (χ1n) is 3.12. The van der Waals surface area contributed by atoms with Gasteiger partial charge < -0.3 is 0 Å². The van der Waals surface area contributed by atoms with Gasteiger partial charge in [-0.05, 0) is 12.3 Å². The molecule has 55 valence electrons. The van der Waals surface area contributed by atoms with Gasteiger partial charge in [0.15, 0.2) is 0 Å². The minimum Gasteiger partial charge on any atom is -0.232 e.